The maximum atomic E-state index is 2.54. The molecular formula is C72H61N. The Bertz CT molecular complexity index is 3700. The topological polar surface area (TPSA) is 3.24 Å². The highest BCUT2D eigenvalue weighted by Gasteiger charge is 2.27. The minimum atomic E-state index is -0.0291. The van der Waals surface area contributed by atoms with Crippen molar-refractivity contribution in [1.82, 2.24) is 0 Å². The first-order valence-electron chi connectivity index (χ1n) is 25.7. The molecule has 0 radical (unpaired) electrons. The van der Waals surface area contributed by atoms with E-state index in [0.717, 1.165) is 44.9 Å². The van der Waals surface area contributed by atoms with Crippen molar-refractivity contribution in [2.75, 3.05) is 4.90 Å². The number of nitrogens with zero attached hydrogens (tertiary/aromatic N) is 1. The summed E-state index contributed by atoms with van der Waals surface area (Å²) >= 11 is 0. The predicted octanol–water partition coefficient (Wildman–Crippen LogP) is 20.6. The second-order valence-electron chi connectivity index (χ2n) is 21.3. The fraction of sp³-hybridized carbons (Fsp3) is 0.111. The summed E-state index contributed by atoms with van der Waals surface area (Å²) in [6.07, 6.45) is 0. The van der Waals surface area contributed by atoms with Crippen LogP contribution in [0.3, 0.4) is 0 Å². The SMILES string of the molecule is CC(C)(C)c1cc(-c2cccc3cccc(-c4ccccc4N(c4ccc(-c5ccccc5)cc4-c4ccccc4)c4ccccc4-c4ccccc4-c4ccccc4-c4ccccc4)c23)cc(C(C)(C)C)c1. The largest absolute Gasteiger partial charge is 0.309 e. The molecule has 0 aromatic heterocycles. The van der Waals surface area contributed by atoms with Crippen LogP contribution in [0.4, 0.5) is 17.1 Å². The number of hydrogen-bond acceptors (Lipinski definition) is 1. The van der Waals surface area contributed by atoms with E-state index in [4.69, 9.17) is 0 Å². The van der Waals surface area contributed by atoms with Crippen LogP contribution in [0, 0.1) is 0 Å². The van der Waals surface area contributed by atoms with Gasteiger partial charge in [0.1, 0.15) is 0 Å². The summed E-state index contributed by atoms with van der Waals surface area (Å²) in [5, 5.41) is 2.44. The quantitative estimate of drug-likeness (QED) is 0.132. The van der Waals surface area contributed by atoms with E-state index < -0.39 is 0 Å². The summed E-state index contributed by atoms with van der Waals surface area (Å²) in [5.41, 5.74) is 22.4. The van der Waals surface area contributed by atoms with Crippen molar-refractivity contribution in [1.29, 1.82) is 0 Å². The molecule has 0 aliphatic heterocycles. The van der Waals surface area contributed by atoms with Gasteiger partial charge in [0.15, 0.2) is 0 Å². The van der Waals surface area contributed by atoms with Crippen molar-refractivity contribution >= 4 is 27.8 Å². The van der Waals surface area contributed by atoms with E-state index >= 15 is 0 Å². The van der Waals surface area contributed by atoms with Crippen molar-refractivity contribution in [3.8, 4) is 77.9 Å². The van der Waals surface area contributed by atoms with Gasteiger partial charge in [-0.05, 0) is 118 Å². The third kappa shape index (κ3) is 9.32. The van der Waals surface area contributed by atoms with Crippen LogP contribution >= 0.6 is 0 Å². The standard InChI is InChI=1S/C72H61N/c1-71(2,3)56-46-55(47-57(49-56)72(4,5)6)59-40-24-32-53-33-25-41-65(70(53)59)64-39-21-23-43-68(64)73(69-45-44-54(50-26-10-7-11-27-50)48-66(69)52-30-14-9-15-31-52)67-42-22-20-38-63(67)62-37-19-18-36-61(62)60-35-17-16-34-58(60)51-28-12-8-13-29-51/h7-49H,1-6H3. The van der Waals surface area contributed by atoms with E-state index in [2.05, 4.69) is 307 Å². The Morgan fingerprint density at radius 2 is 0.616 bits per heavy atom. The number of benzene rings is 11. The summed E-state index contributed by atoms with van der Waals surface area (Å²) in [7, 11) is 0. The van der Waals surface area contributed by atoms with Crippen LogP contribution in [0.2, 0.25) is 0 Å². The van der Waals surface area contributed by atoms with Crippen LogP contribution in [-0.4, -0.2) is 0 Å². The van der Waals surface area contributed by atoms with Crippen molar-refractivity contribution < 1.29 is 0 Å². The van der Waals surface area contributed by atoms with Gasteiger partial charge in [0.25, 0.3) is 0 Å². The van der Waals surface area contributed by atoms with Crippen molar-refractivity contribution in [2.45, 2.75) is 52.4 Å². The van der Waals surface area contributed by atoms with E-state index in [0.29, 0.717) is 0 Å². The molecule has 0 saturated heterocycles. The lowest BCUT2D eigenvalue weighted by atomic mass is 9.78. The Balaban J connectivity index is 1.21. The zero-order valence-electron chi connectivity index (χ0n) is 42.8. The molecule has 0 bridgehead atoms. The number of para-hydroxylation sites is 2. The lowest BCUT2D eigenvalue weighted by Crippen LogP contribution is -2.16. The molecule has 0 aliphatic rings. The Kier molecular flexibility index (Phi) is 12.6. The summed E-state index contributed by atoms with van der Waals surface area (Å²) in [4.78, 5) is 2.54. The van der Waals surface area contributed by atoms with E-state index in [1.807, 2.05) is 0 Å². The molecule has 0 unspecified atom stereocenters. The molecule has 11 aromatic carbocycles. The highest BCUT2D eigenvalue weighted by molar-refractivity contribution is 6.10. The Morgan fingerprint density at radius 1 is 0.233 bits per heavy atom. The summed E-state index contributed by atoms with van der Waals surface area (Å²) in [6, 6.07) is 96.2. The molecule has 0 atom stereocenters. The van der Waals surface area contributed by atoms with E-state index in [-0.39, 0.29) is 10.8 Å². The first-order valence-corrected chi connectivity index (χ1v) is 25.7. The van der Waals surface area contributed by atoms with Gasteiger partial charge in [-0.15, -0.1) is 0 Å². The average molecular weight is 940 g/mol. The van der Waals surface area contributed by atoms with Crippen LogP contribution in [0.25, 0.3) is 88.7 Å². The number of anilines is 3. The highest BCUT2D eigenvalue weighted by atomic mass is 15.1. The summed E-state index contributed by atoms with van der Waals surface area (Å²) in [5.74, 6) is 0. The van der Waals surface area contributed by atoms with Crippen LogP contribution < -0.4 is 4.90 Å². The lowest BCUT2D eigenvalue weighted by molar-refractivity contribution is 0.569. The minimum Gasteiger partial charge on any atom is -0.309 e. The first-order chi connectivity index (χ1) is 35.5. The van der Waals surface area contributed by atoms with Gasteiger partial charge in [-0.1, -0.05) is 278 Å². The molecule has 73 heavy (non-hydrogen) atoms. The van der Waals surface area contributed by atoms with Gasteiger partial charge in [-0.25, -0.2) is 0 Å². The van der Waals surface area contributed by atoms with Gasteiger partial charge >= 0.3 is 0 Å². The summed E-state index contributed by atoms with van der Waals surface area (Å²) < 4.78 is 0. The van der Waals surface area contributed by atoms with Crippen LogP contribution in [-0.2, 0) is 10.8 Å². The van der Waals surface area contributed by atoms with Crippen LogP contribution in [0.1, 0.15) is 52.7 Å². The molecule has 0 amide bonds. The minimum absolute atomic E-state index is 0.0291. The van der Waals surface area contributed by atoms with Gasteiger partial charge in [-0.3, -0.25) is 0 Å². The second-order valence-corrected chi connectivity index (χ2v) is 21.3. The highest BCUT2D eigenvalue weighted by Crippen LogP contribution is 2.51. The smallest absolute Gasteiger partial charge is 0.0540 e. The molecule has 0 fully saturated rings. The molecule has 0 N–H and O–H groups in total. The molecule has 11 rings (SSSR count). The first kappa shape index (κ1) is 46.8. The van der Waals surface area contributed by atoms with Gasteiger partial charge in [-0.2, -0.15) is 0 Å². The number of fused-ring (bicyclic) bond motifs is 1. The Morgan fingerprint density at radius 3 is 1.15 bits per heavy atom. The molecule has 0 aliphatic carbocycles. The zero-order chi connectivity index (χ0) is 50.1. The van der Waals surface area contributed by atoms with Crippen molar-refractivity contribution in [3.05, 3.63) is 272 Å². The Hall–Kier alpha value is -8.52. The fourth-order valence-corrected chi connectivity index (χ4v) is 10.6. The van der Waals surface area contributed by atoms with Gasteiger partial charge in [0.05, 0.1) is 17.1 Å². The predicted molar refractivity (Wildman–Crippen MR) is 314 cm³/mol. The van der Waals surface area contributed by atoms with Gasteiger partial charge in [0, 0.05) is 16.7 Å². The van der Waals surface area contributed by atoms with E-state index in [9.17, 15) is 0 Å². The monoisotopic (exact) mass is 939 g/mol. The van der Waals surface area contributed by atoms with Gasteiger partial charge in [0.2, 0.25) is 0 Å². The van der Waals surface area contributed by atoms with Gasteiger partial charge < -0.3 is 4.90 Å². The molecular weight excluding hydrogens is 879 g/mol. The third-order valence-corrected chi connectivity index (χ3v) is 14.4. The van der Waals surface area contributed by atoms with E-state index in [1.54, 1.807) is 0 Å². The Labute approximate surface area is 432 Å². The second kappa shape index (κ2) is 19.6. The number of hydrogen-bond donors (Lipinski definition) is 0. The maximum absolute atomic E-state index is 2.54. The van der Waals surface area contributed by atoms with E-state index in [1.165, 1.54) is 72.0 Å². The van der Waals surface area contributed by atoms with Crippen molar-refractivity contribution in [3.63, 3.8) is 0 Å². The maximum Gasteiger partial charge on any atom is 0.0540 e. The lowest BCUT2D eigenvalue weighted by Gasteiger charge is -2.32. The van der Waals surface area contributed by atoms with Crippen LogP contribution in [0.5, 0.6) is 0 Å². The fourth-order valence-electron chi connectivity index (χ4n) is 10.6. The zero-order valence-corrected chi connectivity index (χ0v) is 42.8. The molecule has 1 nitrogen and oxygen atoms in total. The van der Waals surface area contributed by atoms with Crippen molar-refractivity contribution in [2.24, 2.45) is 0 Å². The molecule has 354 valence electrons. The molecule has 1 heteroatoms. The third-order valence-electron chi connectivity index (χ3n) is 14.4. The van der Waals surface area contributed by atoms with Crippen LogP contribution in [0.15, 0.2) is 261 Å². The average Bonchev–Trinajstić information content (AvgIpc) is 3.43. The number of rotatable bonds is 10. The molecule has 0 saturated carbocycles. The molecule has 0 spiro atoms. The molecule has 11 aromatic rings. The summed E-state index contributed by atoms with van der Waals surface area (Å²) in [6.45, 7) is 14.0. The molecule has 0 heterocycles. The normalized spacial score (nSPS) is 11.7.